The third kappa shape index (κ3) is 3.53. The van der Waals surface area contributed by atoms with Crippen LogP contribution in [-0.4, -0.2) is 17.3 Å². The van der Waals surface area contributed by atoms with Gasteiger partial charge in [-0.05, 0) is 25.0 Å². The zero-order valence-corrected chi connectivity index (χ0v) is 11.9. The van der Waals surface area contributed by atoms with Crippen LogP contribution in [0.4, 0.5) is 5.69 Å². The summed E-state index contributed by atoms with van der Waals surface area (Å²) in [5.41, 5.74) is -0.131. The lowest BCUT2D eigenvalue weighted by molar-refractivity contribution is -0.385. The van der Waals surface area contributed by atoms with Gasteiger partial charge in [0.15, 0.2) is 11.5 Å². The van der Waals surface area contributed by atoms with E-state index in [0.29, 0.717) is 4.47 Å². The molecule has 5 nitrogen and oxygen atoms in total. The summed E-state index contributed by atoms with van der Waals surface area (Å²) < 4.78 is 5.92. The predicted molar refractivity (Wildman–Crippen MR) is 73.3 cm³/mol. The molecule has 102 valence electrons. The van der Waals surface area contributed by atoms with Gasteiger partial charge in [-0.1, -0.05) is 28.8 Å². The Morgan fingerprint density at radius 2 is 2.11 bits per heavy atom. The van der Waals surface area contributed by atoms with Crippen LogP contribution < -0.4 is 4.74 Å². The summed E-state index contributed by atoms with van der Waals surface area (Å²) in [5, 5.41) is 10.9. The van der Waals surface area contributed by atoms with Gasteiger partial charge in [0, 0.05) is 16.5 Å². The molecule has 1 fully saturated rings. The van der Waals surface area contributed by atoms with Gasteiger partial charge in [-0.25, -0.2) is 0 Å². The zero-order valence-electron chi connectivity index (χ0n) is 10.3. The lowest BCUT2D eigenvalue weighted by Crippen LogP contribution is -2.19. The molecule has 0 saturated heterocycles. The fourth-order valence-corrected chi connectivity index (χ4v) is 2.62. The van der Waals surface area contributed by atoms with Gasteiger partial charge < -0.3 is 4.74 Å². The van der Waals surface area contributed by atoms with Crippen molar-refractivity contribution in [3.8, 4) is 5.75 Å². The molecule has 19 heavy (non-hydrogen) atoms. The number of benzene rings is 1. The summed E-state index contributed by atoms with van der Waals surface area (Å²) in [4.78, 5) is 22.2. The molecule has 0 unspecified atom stereocenters. The van der Waals surface area contributed by atoms with Gasteiger partial charge in [0.1, 0.15) is 6.61 Å². The van der Waals surface area contributed by atoms with E-state index >= 15 is 0 Å². The normalized spacial score (nSPS) is 15.4. The average molecular weight is 328 g/mol. The number of ether oxygens (including phenoxy) is 1. The van der Waals surface area contributed by atoms with Crippen LogP contribution in [0.1, 0.15) is 25.7 Å². The van der Waals surface area contributed by atoms with Crippen molar-refractivity contribution < 1.29 is 14.5 Å². The molecular formula is C13H14BrNO4. The highest BCUT2D eigenvalue weighted by Gasteiger charge is 2.24. The molecule has 0 heterocycles. The lowest BCUT2D eigenvalue weighted by atomic mass is 10.0. The Hall–Kier alpha value is -1.43. The van der Waals surface area contributed by atoms with Crippen molar-refractivity contribution in [3.63, 3.8) is 0 Å². The van der Waals surface area contributed by atoms with Crippen molar-refractivity contribution in [1.82, 2.24) is 0 Å². The summed E-state index contributed by atoms with van der Waals surface area (Å²) in [7, 11) is 0. The zero-order chi connectivity index (χ0) is 13.8. The Bertz CT molecular complexity index is 497. The van der Waals surface area contributed by atoms with Crippen LogP contribution >= 0.6 is 15.9 Å². The Morgan fingerprint density at radius 1 is 1.42 bits per heavy atom. The van der Waals surface area contributed by atoms with Crippen LogP contribution in [0.25, 0.3) is 0 Å². The second-order valence-electron chi connectivity index (χ2n) is 4.61. The third-order valence-corrected chi connectivity index (χ3v) is 3.79. The van der Waals surface area contributed by atoms with Crippen LogP contribution in [-0.2, 0) is 4.79 Å². The van der Waals surface area contributed by atoms with Crippen molar-refractivity contribution in [3.05, 3.63) is 32.8 Å². The Labute approximate surface area is 119 Å². The molecule has 0 aromatic heterocycles. The average Bonchev–Trinajstić information content (AvgIpc) is 2.90. The number of nitro benzene ring substituents is 1. The molecule has 0 radical (unpaired) electrons. The fraction of sp³-hybridized carbons (Fsp3) is 0.462. The largest absolute Gasteiger partial charge is 0.479 e. The Kier molecular flexibility index (Phi) is 4.52. The predicted octanol–water partition coefficient (Wildman–Crippen LogP) is 3.50. The number of hydrogen-bond acceptors (Lipinski definition) is 4. The first-order chi connectivity index (χ1) is 9.08. The van der Waals surface area contributed by atoms with Crippen molar-refractivity contribution in [2.45, 2.75) is 25.7 Å². The minimum Gasteiger partial charge on any atom is -0.479 e. The van der Waals surface area contributed by atoms with Crippen molar-refractivity contribution in [1.29, 1.82) is 0 Å². The number of hydrogen-bond donors (Lipinski definition) is 0. The Morgan fingerprint density at radius 3 is 2.74 bits per heavy atom. The molecule has 1 aromatic rings. The highest BCUT2D eigenvalue weighted by atomic mass is 79.9. The number of Topliss-reactive ketones (excluding diaryl/α,β-unsaturated/α-hetero) is 1. The number of nitrogens with zero attached hydrogens (tertiary/aromatic N) is 1. The summed E-state index contributed by atoms with van der Waals surface area (Å²) in [6.45, 7) is -0.0901. The smallest absolute Gasteiger partial charge is 0.312 e. The van der Waals surface area contributed by atoms with E-state index < -0.39 is 4.92 Å². The maximum absolute atomic E-state index is 11.9. The molecule has 2 rings (SSSR count). The number of rotatable bonds is 5. The van der Waals surface area contributed by atoms with E-state index in [4.69, 9.17) is 4.74 Å². The molecule has 0 atom stereocenters. The molecule has 0 aliphatic heterocycles. The van der Waals surface area contributed by atoms with E-state index in [-0.39, 0.29) is 29.7 Å². The highest BCUT2D eigenvalue weighted by Crippen LogP contribution is 2.31. The summed E-state index contributed by atoms with van der Waals surface area (Å²) in [5.74, 6) is 0.240. The van der Waals surface area contributed by atoms with Crippen LogP contribution in [0.3, 0.4) is 0 Å². The summed E-state index contributed by atoms with van der Waals surface area (Å²) in [6, 6.07) is 4.53. The van der Waals surface area contributed by atoms with Crippen molar-refractivity contribution in [2.75, 3.05) is 6.61 Å². The van der Waals surface area contributed by atoms with Gasteiger partial charge in [-0.3, -0.25) is 14.9 Å². The first kappa shape index (κ1) is 14.0. The van der Waals surface area contributed by atoms with E-state index in [9.17, 15) is 14.9 Å². The molecule has 0 N–H and O–H groups in total. The van der Waals surface area contributed by atoms with Gasteiger partial charge >= 0.3 is 5.69 Å². The minimum atomic E-state index is -0.514. The molecule has 1 aliphatic rings. The number of nitro groups is 1. The molecule has 0 bridgehead atoms. The quantitative estimate of drug-likeness (QED) is 0.613. The van der Waals surface area contributed by atoms with Crippen molar-refractivity contribution >= 4 is 27.4 Å². The van der Waals surface area contributed by atoms with Crippen LogP contribution in [0, 0.1) is 16.0 Å². The van der Waals surface area contributed by atoms with Crippen LogP contribution in [0.15, 0.2) is 22.7 Å². The molecule has 6 heteroatoms. The number of halogens is 1. The second kappa shape index (κ2) is 6.14. The third-order valence-electron chi connectivity index (χ3n) is 3.30. The topological polar surface area (TPSA) is 69.4 Å². The molecule has 1 aliphatic carbocycles. The number of carbonyl (C=O) groups is 1. The maximum atomic E-state index is 11.9. The van der Waals surface area contributed by atoms with Gasteiger partial charge in [-0.15, -0.1) is 0 Å². The number of carbonyl (C=O) groups excluding carboxylic acids is 1. The first-order valence-electron chi connectivity index (χ1n) is 6.17. The highest BCUT2D eigenvalue weighted by molar-refractivity contribution is 9.10. The van der Waals surface area contributed by atoms with Gasteiger partial charge in [0.2, 0.25) is 0 Å². The van der Waals surface area contributed by atoms with Gasteiger partial charge in [0.25, 0.3) is 0 Å². The maximum Gasteiger partial charge on any atom is 0.312 e. The SMILES string of the molecule is O=C(COc1ccc(Br)cc1[N+](=O)[O-])C1CCCC1. The molecular weight excluding hydrogens is 314 g/mol. The van der Waals surface area contributed by atoms with E-state index in [0.717, 1.165) is 25.7 Å². The van der Waals surface area contributed by atoms with Gasteiger partial charge in [-0.2, -0.15) is 0 Å². The molecule has 1 aromatic carbocycles. The fourth-order valence-electron chi connectivity index (χ4n) is 2.27. The number of ketones is 1. The Balaban J connectivity index is 2.02. The summed E-state index contributed by atoms with van der Waals surface area (Å²) in [6.07, 6.45) is 3.97. The van der Waals surface area contributed by atoms with Gasteiger partial charge in [0.05, 0.1) is 4.92 Å². The van der Waals surface area contributed by atoms with E-state index in [1.165, 1.54) is 12.1 Å². The first-order valence-corrected chi connectivity index (χ1v) is 6.96. The van der Waals surface area contributed by atoms with Crippen molar-refractivity contribution in [2.24, 2.45) is 5.92 Å². The second-order valence-corrected chi connectivity index (χ2v) is 5.52. The van der Waals surface area contributed by atoms with Crippen LogP contribution in [0.2, 0.25) is 0 Å². The molecule has 1 saturated carbocycles. The monoisotopic (exact) mass is 327 g/mol. The lowest BCUT2D eigenvalue weighted by Gasteiger charge is -2.10. The molecule has 0 spiro atoms. The van der Waals surface area contributed by atoms with E-state index in [1.54, 1.807) is 6.07 Å². The van der Waals surface area contributed by atoms with E-state index in [1.807, 2.05) is 0 Å². The van der Waals surface area contributed by atoms with E-state index in [2.05, 4.69) is 15.9 Å². The summed E-state index contributed by atoms with van der Waals surface area (Å²) >= 11 is 3.17. The standard InChI is InChI=1S/C13H14BrNO4/c14-10-5-6-13(11(7-10)15(17)18)19-8-12(16)9-3-1-2-4-9/h5-7,9H,1-4,8H2. The van der Waals surface area contributed by atoms with Crippen LogP contribution in [0.5, 0.6) is 5.75 Å². The molecule has 0 amide bonds. The minimum absolute atomic E-state index is 0.0368.